The fraction of sp³-hybridized carbons (Fsp3) is 0.364. The Kier molecular flexibility index (Phi) is 7.57. The quantitative estimate of drug-likeness (QED) is 0.436. The highest BCUT2D eigenvalue weighted by Gasteiger charge is 2.14. The van der Waals surface area contributed by atoms with Gasteiger partial charge in [0.25, 0.3) is 0 Å². The lowest BCUT2D eigenvalue weighted by molar-refractivity contribution is -0.130. The number of halogens is 2. The fourth-order valence-corrected chi connectivity index (χ4v) is 4.09. The van der Waals surface area contributed by atoms with E-state index in [9.17, 15) is 13.6 Å². The van der Waals surface area contributed by atoms with Crippen LogP contribution in [0.4, 0.5) is 8.78 Å². The summed E-state index contributed by atoms with van der Waals surface area (Å²) in [6.45, 7) is -0.479. The van der Waals surface area contributed by atoms with Gasteiger partial charge in [0.05, 0.1) is 21.8 Å². The third-order valence-electron chi connectivity index (χ3n) is 4.49. The maximum Gasteiger partial charge on any atom is 0.387 e. The number of aromatic nitrogens is 1. The Morgan fingerprint density at radius 1 is 1.20 bits per heavy atom. The predicted octanol–water partition coefficient (Wildman–Crippen LogP) is 5.28. The lowest BCUT2D eigenvalue weighted by atomic mass is 10.1. The second kappa shape index (κ2) is 10.3. The number of nitrogens with zero attached hydrogens (tertiary/aromatic N) is 2. The van der Waals surface area contributed by atoms with Crippen molar-refractivity contribution >= 4 is 27.5 Å². The molecule has 2 aromatic carbocycles. The molecule has 3 rings (SSSR count). The lowest BCUT2D eigenvalue weighted by Crippen LogP contribution is -2.26. The van der Waals surface area contributed by atoms with Gasteiger partial charge >= 0.3 is 6.61 Å². The number of rotatable bonds is 10. The first-order valence-electron chi connectivity index (χ1n) is 9.75. The Morgan fingerprint density at radius 2 is 2.00 bits per heavy atom. The molecule has 0 atom stereocenters. The van der Waals surface area contributed by atoms with Gasteiger partial charge in [0.15, 0.2) is 11.5 Å². The minimum absolute atomic E-state index is 0.0135. The van der Waals surface area contributed by atoms with Gasteiger partial charge in [-0.15, -0.1) is 11.3 Å². The van der Waals surface area contributed by atoms with Gasteiger partial charge in [-0.05, 0) is 49.6 Å². The Bertz CT molecular complexity index is 960. The van der Waals surface area contributed by atoms with Crippen molar-refractivity contribution in [3.8, 4) is 11.5 Å². The topological polar surface area (TPSA) is 51.7 Å². The number of carbonyl (C=O) groups excluding carboxylic acids is 1. The fourth-order valence-electron chi connectivity index (χ4n) is 3.08. The minimum atomic E-state index is -2.92. The normalized spacial score (nSPS) is 11.1. The number of aryl methyl sites for hydroxylation is 1. The number of para-hydroxylation sites is 1. The van der Waals surface area contributed by atoms with Crippen LogP contribution < -0.4 is 9.47 Å². The molecule has 3 aromatic rings. The molecule has 160 valence electrons. The van der Waals surface area contributed by atoms with Crippen molar-refractivity contribution in [3.63, 3.8) is 0 Å². The van der Waals surface area contributed by atoms with Gasteiger partial charge in [-0.2, -0.15) is 8.78 Å². The average Bonchev–Trinajstić information content (AvgIpc) is 3.12. The number of benzene rings is 2. The molecule has 1 heterocycles. The van der Waals surface area contributed by atoms with Crippen molar-refractivity contribution in [1.82, 2.24) is 9.88 Å². The first-order chi connectivity index (χ1) is 14.5. The molecule has 1 amide bonds. The predicted molar refractivity (Wildman–Crippen MR) is 113 cm³/mol. The van der Waals surface area contributed by atoms with E-state index in [1.807, 2.05) is 24.3 Å². The summed E-state index contributed by atoms with van der Waals surface area (Å²) in [6.07, 6.45) is 1.89. The highest BCUT2D eigenvalue weighted by Crippen LogP contribution is 2.30. The van der Waals surface area contributed by atoms with E-state index < -0.39 is 6.61 Å². The molecule has 5 nitrogen and oxygen atoms in total. The highest BCUT2D eigenvalue weighted by molar-refractivity contribution is 7.18. The summed E-state index contributed by atoms with van der Waals surface area (Å²) in [5.74, 6) is 0.245. The van der Waals surface area contributed by atoms with Gasteiger partial charge in [0.1, 0.15) is 0 Å². The molecule has 0 spiro atoms. The highest BCUT2D eigenvalue weighted by atomic mass is 32.1. The summed E-state index contributed by atoms with van der Waals surface area (Å²) in [7, 11) is 1.73. The number of hydrogen-bond acceptors (Lipinski definition) is 5. The van der Waals surface area contributed by atoms with Crippen LogP contribution in [-0.2, 0) is 17.8 Å². The van der Waals surface area contributed by atoms with E-state index in [-0.39, 0.29) is 17.4 Å². The summed E-state index contributed by atoms with van der Waals surface area (Å²) in [5, 5.41) is 1.03. The molecule has 0 fully saturated rings. The average molecular weight is 435 g/mol. The van der Waals surface area contributed by atoms with E-state index in [1.54, 1.807) is 42.3 Å². The van der Waals surface area contributed by atoms with Crippen molar-refractivity contribution in [3.05, 3.63) is 53.0 Å². The number of fused-ring (bicyclic) bond motifs is 1. The van der Waals surface area contributed by atoms with E-state index in [0.29, 0.717) is 26.0 Å². The molecule has 0 radical (unpaired) electrons. The molecule has 0 unspecified atom stereocenters. The van der Waals surface area contributed by atoms with Gasteiger partial charge in [-0.3, -0.25) is 4.79 Å². The molecular formula is C22H24F2N2O3S. The first kappa shape index (κ1) is 22.0. The van der Waals surface area contributed by atoms with E-state index in [4.69, 9.17) is 4.74 Å². The van der Waals surface area contributed by atoms with E-state index in [1.165, 1.54) is 6.07 Å². The van der Waals surface area contributed by atoms with Crippen molar-refractivity contribution in [2.75, 3.05) is 13.7 Å². The zero-order valence-corrected chi connectivity index (χ0v) is 17.8. The first-order valence-corrected chi connectivity index (χ1v) is 10.6. The molecule has 0 saturated heterocycles. The van der Waals surface area contributed by atoms with Gasteiger partial charge in [0, 0.05) is 20.0 Å². The third-order valence-corrected chi connectivity index (χ3v) is 5.59. The number of ether oxygens (including phenoxy) is 2. The monoisotopic (exact) mass is 434 g/mol. The summed E-state index contributed by atoms with van der Waals surface area (Å²) >= 11 is 1.66. The summed E-state index contributed by atoms with van der Waals surface area (Å²) in [6, 6.07) is 12.7. The Balaban J connectivity index is 1.53. The van der Waals surface area contributed by atoms with Gasteiger partial charge < -0.3 is 14.4 Å². The maximum absolute atomic E-state index is 12.5. The number of carbonyl (C=O) groups is 1. The van der Waals surface area contributed by atoms with Gasteiger partial charge in [-0.25, -0.2) is 4.98 Å². The molecule has 0 N–H and O–H groups in total. The number of hydrogen-bond donors (Lipinski definition) is 0. The maximum atomic E-state index is 12.5. The third kappa shape index (κ3) is 5.89. The Morgan fingerprint density at radius 3 is 2.73 bits per heavy atom. The molecule has 30 heavy (non-hydrogen) atoms. The van der Waals surface area contributed by atoms with Crippen molar-refractivity contribution in [1.29, 1.82) is 0 Å². The zero-order chi connectivity index (χ0) is 21.5. The van der Waals surface area contributed by atoms with Crippen molar-refractivity contribution < 1.29 is 23.0 Å². The second-order valence-electron chi connectivity index (χ2n) is 6.77. The molecular weight excluding hydrogens is 410 g/mol. The van der Waals surface area contributed by atoms with E-state index in [0.717, 1.165) is 27.2 Å². The van der Waals surface area contributed by atoms with Gasteiger partial charge in [0.2, 0.25) is 5.91 Å². The summed E-state index contributed by atoms with van der Waals surface area (Å²) in [5.41, 5.74) is 1.77. The zero-order valence-electron chi connectivity index (χ0n) is 16.9. The number of amides is 1. The molecule has 0 aliphatic rings. The lowest BCUT2D eigenvalue weighted by Gasteiger charge is -2.19. The van der Waals surface area contributed by atoms with Crippen LogP contribution in [0.3, 0.4) is 0 Å². The summed E-state index contributed by atoms with van der Waals surface area (Å²) < 4.78 is 36.1. The van der Waals surface area contributed by atoms with Crippen LogP contribution in [0.25, 0.3) is 10.2 Å². The van der Waals surface area contributed by atoms with Crippen LogP contribution in [0.1, 0.15) is 30.3 Å². The smallest absolute Gasteiger partial charge is 0.387 e. The second-order valence-corrected chi connectivity index (χ2v) is 7.89. The molecule has 8 heteroatoms. The van der Waals surface area contributed by atoms with Crippen molar-refractivity contribution in [2.24, 2.45) is 0 Å². The van der Waals surface area contributed by atoms with Crippen LogP contribution in [0.5, 0.6) is 11.5 Å². The number of thiazole rings is 1. The van der Waals surface area contributed by atoms with Crippen LogP contribution in [0, 0.1) is 0 Å². The summed E-state index contributed by atoms with van der Waals surface area (Å²) in [4.78, 5) is 18.7. The molecule has 1 aromatic heterocycles. The van der Waals surface area contributed by atoms with Crippen LogP contribution in [-0.4, -0.2) is 36.1 Å². The van der Waals surface area contributed by atoms with E-state index >= 15 is 0 Å². The molecule has 0 bridgehead atoms. The molecule has 0 saturated carbocycles. The van der Waals surface area contributed by atoms with E-state index in [2.05, 4.69) is 9.72 Å². The van der Waals surface area contributed by atoms with Crippen LogP contribution in [0.15, 0.2) is 42.5 Å². The Labute approximate surface area is 178 Å². The standard InChI is InChI=1S/C22H24F2N2O3S/c1-3-28-18-13-15(11-12-17(18)29-22(23)24)14-26(2)21(27)10-6-9-20-25-16-7-4-5-8-19(16)30-20/h4-5,7-8,11-13,22H,3,6,9-10,14H2,1-2H3. The molecule has 0 aliphatic heterocycles. The SMILES string of the molecule is CCOc1cc(CN(C)C(=O)CCCc2nc3ccccc3s2)ccc1OC(F)F. The minimum Gasteiger partial charge on any atom is -0.490 e. The Hall–Kier alpha value is -2.74. The molecule has 0 aliphatic carbocycles. The van der Waals surface area contributed by atoms with Gasteiger partial charge in [-0.1, -0.05) is 18.2 Å². The van der Waals surface area contributed by atoms with Crippen LogP contribution >= 0.6 is 11.3 Å². The largest absolute Gasteiger partial charge is 0.490 e. The van der Waals surface area contributed by atoms with Crippen molar-refractivity contribution in [2.45, 2.75) is 39.3 Å². The van der Waals surface area contributed by atoms with Crippen LogP contribution in [0.2, 0.25) is 0 Å². The number of alkyl halides is 2.